The number of nitrogen functional groups attached to an aromatic ring is 1. The van der Waals surface area contributed by atoms with E-state index in [0.29, 0.717) is 43.4 Å². The summed E-state index contributed by atoms with van der Waals surface area (Å²) in [6.45, 7) is 0. The van der Waals surface area contributed by atoms with Gasteiger partial charge in [-0.15, -0.1) is 0 Å². The van der Waals surface area contributed by atoms with Crippen molar-refractivity contribution in [2.45, 2.75) is 0 Å². The van der Waals surface area contributed by atoms with Crippen molar-refractivity contribution in [3.63, 3.8) is 0 Å². The minimum absolute atomic E-state index is 0.225. The molecule has 3 rings (SSSR count). The normalized spacial score (nSPS) is 10.5. The molecule has 2 N–H and O–H groups in total. The summed E-state index contributed by atoms with van der Waals surface area (Å²) < 4.78 is 5.33. The van der Waals surface area contributed by atoms with E-state index in [1.807, 2.05) is 0 Å². The summed E-state index contributed by atoms with van der Waals surface area (Å²) in [7, 11) is 1.47. The van der Waals surface area contributed by atoms with Crippen molar-refractivity contribution in [2.24, 2.45) is 0 Å². The van der Waals surface area contributed by atoms with Gasteiger partial charge in [0.15, 0.2) is 0 Å². The van der Waals surface area contributed by atoms with Gasteiger partial charge in [0.1, 0.15) is 24.0 Å². The maximum absolute atomic E-state index is 9.42. The SMILES string of the molecule is COc1c(C#N)cc(-c2cccc(Cl)c2Cl)c2ncnc(N)c12. The summed E-state index contributed by atoms with van der Waals surface area (Å²) in [5.41, 5.74) is 8.12. The van der Waals surface area contributed by atoms with Crippen LogP contribution in [0.15, 0.2) is 30.6 Å². The third-order valence-electron chi connectivity index (χ3n) is 3.46. The van der Waals surface area contributed by atoms with E-state index in [2.05, 4.69) is 16.0 Å². The average molecular weight is 345 g/mol. The Morgan fingerprint density at radius 2 is 2.00 bits per heavy atom. The highest BCUT2D eigenvalue weighted by Gasteiger charge is 2.19. The third kappa shape index (κ3) is 2.42. The lowest BCUT2D eigenvalue weighted by Gasteiger charge is -2.14. The van der Waals surface area contributed by atoms with Gasteiger partial charge in [0, 0.05) is 11.1 Å². The van der Waals surface area contributed by atoms with E-state index >= 15 is 0 Å². The van der Waals surface area contributed by atoms with E-state index in [-0.39, 0.29) is 5.82 Å². The van der Waals surface area contributed by atoms with Crippen LogP contribution in [0.2, 0.25) is 10.0 Å². The molecule has 7 heteroatoms. The molecular formula is C16H10Cl2N4O. The molecule has 0 fully saturated rings. The van der Waals surface area contributed by atoms with Gasteiger partial charge in [-0.3, -0.25) is 0 Å². The molecular weight excluding hydrogens is 335 g/mol. The quantitative estimate of drug-likeness (QED) is 0.757. The number of anilines is 1. The summed E-state index contributed by atoms with van der Waals surface area (Å²) in [6.07, 6.45) is 1.35. The number of halogens is 2. The highest BCUT2D eigenvalue weighted by Crippen LogP contribution is 2.41. The van der Waals surface area contributed by atoms with Crippen LogP contribution in [0.25, 0.3) is 22.0 Å². The Hall–Kier alpha value is -2.55. The van der Waals surface area contributed by atoms with Crippen molar-refractivity contribution in [3.8, 4) is 22.9 Å². The van der Waals surface area contributed by atoms with Gasteiger partial charge in [-0.2, -0.15) is 5.26 Å². The number of benzene rings is 2. The van der Waals surface area contributed by atoms with Crippen LogP contribution < -0.4 is 10.5 Å². The van der Waals surface area contributed by atoms with Crippen LogP contribution in [0.3, 0.4) is 0 Å². The lowest BCUT2D eigenvalue weighted by Crippen LogP contribution is -2.00. The van der Waals surface area contributed by atoms with E-state index in [4.69, 9.17) is 33.7 Å². The van der Waals surface area contributed by atoms with Gasteiger partial charge in [0.25, 0.3) is 0 Å². The van der Waals surface area contributed by atoms with Gasteiger partial charge in [-0.1, -0.05) is 35.3 Å². The second kappa shape index (κ2) is 5.92. The summed E-state index contributed by atoms with van der Waals surface area (Å²) in [5, 5.41) is 10.7. The highest BCUT2D eigenvalue weighted by molar-refractivity contribution is 6.44. The molecule has 3 aromatic rings. The van der Waals surface area contributed by atoms with Crippen LogP contribution >= 0.6 is 23.2 Å². The van der Waals surface area contributed by atoms with E-state index in [9.17, 15) is 5.26 Å². The second-order valence-electron chi connectivity index (χ2n) is 4.70. The molecule has 0 radical (unpaired) electrons. The van der Waals surface area contributed by atoms with Crippen LogP contribution in [0.4, 0.5) is 5.82 Å². The molecule has 0 saturated carbocycles. The Bertz CT molecular complexity index is 966. The van der Waals surface area contributed by atoms with E-state index in [1.54, 1.807) is 24.3 Å². The monoisotopic (exact) mass is 344 g/mol. The standard InChI is InChI=1S/C16H10Cl2N4O/c1-23-15-8(6-19)5-10(9-3-2-4-11(17)13(9)18)14-12(15)16(20)22-7-21-14/h2-5,7H,1H3,(H2,20,21,22). The number of aromatic nitrogens is 2. The molecule has 0 aliphatic heterocycles. The van der Waals surface area contributed by atoms with Crippen molar-refractivity contribution in [3.05, 3.63) is 46.2 Å². The second-order valence-corrected chi connectivity index (χ2v) is 5.49. The fourth-order valence-corrected chi connectivity index (χ4v) is 2.85. The molecule has 1 aromatic heterocycles. The Morgan fingerprint density at radius 3 is 2.70 bits per heavy atom. The first kappa shape index (κ1) is 15.3. The molecule has 0 atom stereocenters. The van der Waals surface area contributed by atoms with E-state index < -0.39 is 0 Å². The zero-order chi connectivity index (χ0) is 16.6. The predicted molar refractivity (Wildman–Crippen MR) is 90.7 cm³/mol. The van der Waals surface area contributed by atoms with Crippen LogP contribution in [0, 0.1) is 11.3 Å². The zero-order valence-corrected chi connectivity index (χ0v) is 13.5. The predicted octanol–water partition coefficient (Wildman–Crippen LogP) is 4.07. The smallest absolute Gasteiger partial charge is 0.149 e. The molecule has 0 bridgehead atoms. The lowest BCUT2D eigenvalue weighted by atomic mass is 9.98. The van der Waals surface area contributed by atoms with Gasteiger partial charge >= 0.3 is 0 Å². The third-order valence-corrected chi connectivity index (χ3v) is 4.28. The zero-order valence-electron chi connectivity index (χ0n) is 12.0. The summed E-state index contributed by atoms with van der Waals surface area (Å²) in [5.74, 6) is 0.561. The molecule has 0 aliphatic carbocycles. The first-order valence-corrected chi connectivity index (χ1v) is 7.29. The van der Waals surface area contributed by atoms with Crippen LogP contribution in [0.1, 0.15) is 5.56 Å². The minimum Gasteiger partial charge on any atom is -0.495 e. The Kier molecular flexibility index (Phi) is 3.95. The molecule has 23 heavy (non-hydrogen) atoms. The van der Waals surface area contributed by atoms with Crippen LogP contribution in [0.5, 0.6) is 5.75 Å². The Morgan fingerprint density at radius 1 is 1.22 bits per heavy atom. The molecule has 114 valence electrons. The van der Waals surface area contributed by atoms with Crippen molar-refractivity contribution < 1.29 is 4.74 Å². The molecule has 2 aromatic carbocycles. The van der Waals surface area contributed by atoms with E-state index in [1.165, 1.54) is 13.4 Å². The van der Waals surface area contributed by atoms with Crippen molar-refractivity contribution in [1.82, 2.24) is 9.97 Å². The molecule has 0 unspecified atom stereocenters. The number of methoxy groups -OCH3 is 1. The fraction of sp³-hybridized carbons (Fsp3) is 0.0625. The number of hydrogen-bond donors (Lipinski definition) is 1. The van der Waals surface area contributed by atoms with Gasteiger partial charge in [-0.05, 0) is 12.1 Å². The first-order chi connectivity index (χ1) is 11.1. The fourth-order valence-electron chi connectivity index (χ4n) is 2.45. The summed E-state index contributed by atoms with van der Waals surface area (Å²) >= 11 is 12.4. The Labute approximate surface area is 142 Å². The van der Waals surface area contributed by atoms with Gasteiger partial charge < -0.3 is 10.5 Å². The molecule has 1 heterocycles. The highest BCUT2D eigenvalue weighted by atomic mass is 35.5. The number of nitrogens with two attached hydrogens (primary N) is 1. The molecule has 0 spiro atoms. The summed E-state index contributed by atoms with van der Waals surface area (Å²) in [4.78, 5) is 8.28. The van der Waals surface area contributed by atoms with Gasteiger partial charge in [0.05, 0.1) is 33.6 Å². The largest absolute Gasteiger partial charge is 0.495 e. The van der Waals surface area contributed by atoms with Gasteiger partial charge in [-0.25, -0.2) is 9.97 Å². The van der Waals surface area contributed by atoms with Crippen LogP contribution in [-0.4, -0.2) is 17.1 Å². The molecule has 5 nitrogen and oxygen atoms in total. The maximum Gasteiger partial charge on any atom is 0.149 e. The van der Waals surface area contributed by atoms with E-state index in [0.717, 1.165) is 0 Å². The molecule has 0 amide bonds. The number of fused-ring (bicyclic) bond motifs is 1. The minimum atomic E-state index is 0.225. The summed E-state index contributed by atoms with van der Waals surface area (Å²) in [6, 6.07) is 9.02. The topological polar surface area (TPSA) is 84.8 Å². The van der Waals surface area contributed by atoms with Crippen molar-refractivity contribution in [1.29, 1.82) is 5.26 Å². The first-order valence-electron chi connectivity index (χ1n) is 6.54. The average Bonchev–Trinajstić information content (AvgIpc) is 2.56. The van der Waals surface area contributed by atoms with Crippen molar-refractivity contribution >= 4 is 39.9 Å². The molecule has 0 aliphatic rings. The number of nitriles is 1. The number of rotatable bonds is 2. The maximum atomic E-state index is 9.42. The number of hydrogen-bond acceptors (Lipinski definition) is 5. The van der Waals surface area contributed by atoms with Gasteiger partial charge in [0.2, 0.25) is 0 Å². The Balaban J connectivity index is 2.50. The number of nitrogens with zero attached hydrogens (tertiary/aromatic N) is 3. The van der Waals surface area contributed by atoms with Crippen molar-refractivity contribution in [2.75, 3.05) is 12.8 Å². The lowest BCUT2D eigenvalue weighted by molar-refractivity contribution is 0.418. The number of ether oxygens (including phenoxy) is 1. The van der Waals surface area contributed by atoms with Crippen LogP contribution in [-0.2, 0) is 0 Å². The molecule has 0 saturated heterocycles.